The van der Waals surface area contributed by atoms with Crippen molar-refractivity contribution in [2.24, 2.45) is 0 Å². The van der Waals surface area contributed by atoms with Crippen LogP contribution in [0.5, 0.6) is 0 Å². The fourth-order valence-electron chi connectivity index (χ4n) is 3.54. The molecule has 1 N–H and O–H groups in total. The van der Waals surface area contributed by atoms with Gasteiger partial charge in [0.15, 0.2) is 16.8 Å². The van der Waals surface area contributed by atoms with Crippen LogP contribution in [0.2, 0.25) is 0 Å². The van der Waals surface area contributed by atoms with Crippen molar-refractivity contribution < 1.29 is 22.0 Å². The number of carbonyl (C=O) groups excluding carboxylic acids is 1. The molecular weight excluding hydrogens is 432 g/mol. The molecule has 0 spiro atoms. The number of aromatic nitrogens is 1. The fraction of sp³-hybridized carbons (Fsp3) is 0.200. The Morgan fingerprint density at radius 1 is 1.20 bits per heavy atom. The molecule has 156 valence electrons. The lowest BCUT2D eigenvalue weighted by atomic mass is 10.1. The van der Waals surface area contributed by atoms with E-state index in [1.807, 2.05) is 6.92 Å². The first-order valence-electron chi connectivity index (χ1n) is 8.98. The highest BCUT2D eigenvalue weighted by Crippen LogP contribution is 2.35. The van der Waals surface area contributed by atoms with E-state index < -0.39 is 27.6 Å². The van der Waals surface area contributed by atoms with Crippen LogP contribution in [0.25, 0.3) is 11.3 Å². The smallest absolute Gasteiger partial charge is 0.257 e. The van der Waals surface area contributed by atoms with E-state index in [0.29, 0.717) is 34.1 Å². The van der Waals surface area contributed by atoms with Gasteiger partial charge in [-0.05, 0) is 55.3 Å². The number of halogens is 2. The molecular formula is C20H17F2N3O3S2. The molecule has 0 radical (unpaired) electrons. The highest BCUT2D eigenvalue weighted by molar-refractivity contribution is 7.92. The molecule has 6 nitrogen and oxygen atoms in total. The molecule has 1 aliphatic heterocycles. The second kappa shape index (κ2) is 7.44. The summed E-state index contributed by atoms with van der Waals surface area (Å²) in [5.41, 5.74) is 2.55. The first-order chi connectivity index (χ1) is 14.1. The number of nitrogens with zero attached hydrogens (tertiary/aromatic N) is 2. The highest BCUT2D eigenvalue weighted by Gasteiger charge is 2.32. The molecule has 10 heteroatoms. The monoisotopic (exact) mass is 449 g/mol. The van der Waals surface area contributed by atoms with E-state index in [4.69, 9.17) is 0 Å². The summed E-state index contributed by atoms with van der Waals surface area (Å²) in [7, 11) is -3.40. The van der Waals surface area contributed by atoms with Crippen molar-refractivity contribution in [1.29, 1.82) is 0 Å². The second-order valence-electron chi connectivity index (χ2n) is 7.08. The van der Waals surface area contributed by atoms with Crippen molar-refractivity contribution in [2.75, 3.05) is 15.9 Å². The number of amides is 1. The van der Waals surface area contributed by atoms with E-state index in [1.54, 1.807) is 23.6 Å². The molecule has 4 rings (SSSR count). The number of sulfonamides is 1. The Labute approximate surface area is 176 Å². The van der Waals surface area contributed by atoms with Crippen molar-refractivity contribution in [3.8, 4) is 11.3 Å². The number of anilines is 2. The molecule has 30 heavy (non-hydrogen) atoms. The number of thiazole rings is 1. The minimum absolute atomic E-state index is 0.217. The maximum absolute atomic E-state index is 13.4. The Morgan fingerprint density at radius 2 is 1.97 bits per heavy atom. The number of benzene rings is 2. The molecule has 1 atom stereocenters. The molecule has 0 saturated carbocycles. The van der Waals surface area contributed by atoms with Crippen molar-refractivity contribution >= 4 is 38.1 Å². The van der Waals surface area contributed by atoms with Crippen LogP contribution in [0.15, 0.2) is 41.8 Å². The predicted octanol–water partition coefficient (Wildman–Crippen LogP) is 4.05. The Kier molecular flexibility index (Phi) is 5.07. The van der Waals surface area contributed by atoms with Gasteiger partial charge in [0.2, 0.25) is 10.0 Å². The molecule has 2 aromatic carbocycles. The Balaban J connectivity index is 1.54. The van der Waals surface area contributed by atoms with Gasteiger partial charge in [-0.2, -0.15) is 0 Å². The third-order valence-corrected chi connectivity index (χ3v) is 6.82. The largest absolute Gasteiger partial charge is 0.298 e. The Bertz CT molecular complexity index is 1260. The van der Waals surface area contributed by atoms with Crippen LogP contribution in [-0.2, 0) is 16.4 Å². The molecule has 0 aliphatic carbocycles. The summed E-state index contributed by atoms with van der Waals surface area (Å²) in [4.78, 5) is 16.9. The van der Waals surface area contributed by atoms with E-state index in [1.165, 1.54) is 10.4 Å². The molecule has 0 bridgehead atoms. The van der Waals surface area contributed by atoms with Crippen molar-refractivity contribution in [1.82, 2.24) is 4.98 Å². The minimum Gasteiger partial charge on any atom is -0.298 e. The normalized spacial score (nSPS) is 15.9. The molecule has 0 fully saturated rings. The topological polar surface area (TPSA) is 79.4 Å². The summed E-state index contributed by atoms with van der Waals surface area (Å²) >= 11 is 1.16. The summed E-state index contributed by atoms with van der Waals surface area (Å²) in [6, 6.07) is 8.13. The van der Waals surface area contributed by atoms with Crippen LogP contribution in [0, 0.1) is 11.6 Å². The summed E-state index contributed by atoms with van der Waals surface area (Å²) in [5.74, 6) is -2.31. The van der Waals surface area contributed by atoms with Crippen LogP contribution in [0.1, 0.15) is 22.8 Å². The first-order valence-corrected chi connectivity index (χ1v) is 11.7. The van der Waals surface area contributed by atoms with E-state index >= 15 is 0 Å². The van der Waals surface area contributed by atoms with Gasteiger partial charge in [0.25, 0.3) is 5.91 Å². The van der Waals surface area contributed by atoms with Gasteiger partial charge < -0.3 is 0 Å². The van der Waals surface area contributed by atoms with Gasteiger partial charge in [-0.3, -0.25) is 14.4 Å². The van der Waals surface area contributed by atoms with Gasteiger partial charge in [-0.15, -0.1) is 11.3 Å². The Morgan fingerprint density at radius 3 is 2.67 bits per heavy atom. The van der Waals surface area contributed by atoms with Crippen LogP contribution >= 0.6 is 11.3 Å². The zero-order valence-electron chi connectivity index (χ0n) is 16.0. The number of nitrogens with one attached hydrogen (secondary N) is 1. The zero-order chi connectivity index (χ0) is 21.6. The summed E-state index contributed by atoms with van der Waals surface area (Å²) < 4.78 is 51.9. The maximum atomic E-state index is 13.4. The van der Waals surface area contributed by atoms with Gasteiger partial charge in [0.1, 0.15) is 0 Å². The van der Waals surface area contributed by atoms with Crippen molar-refractivity contribution in [3.05, 3.63) is 64.5 Å². The highest BCUT2D eigenvalue weighted by atomic mass is 32.2. The lowest BCUT2D eigenvalue weighted by molar-refractivity contribution is 0.102. The molecule has 2 heterocycles. The molecule has 0 saturated heterocycles. The van der Waals surface area contributed by atoms with Gasteiger partial charge in [0.05, 0.1) is 17.6 Å². The quantitative estimate of drug-likeness (QED) is 0.652. The SMILES string of the molecule is CC1Cc2cc(C(=O)Nc3nc(-c4ccc(F)c(F)c4)cs3)ccc2N1S(C)(=O)=O. The van der Waals surface area contributed by atoms with Crippen molar-refractivity contribution in [3.63, 3.8) is 0 Å². The summed E-state index contributed by atoms with van der Waals surface area (Å²) in [6.07, 6.45) is 1.67. The standard InChI is InChI=1S/C20H17F2N3O3S2/c1-11-7-14-8-13(4-6-18(14)25(11)30(2,27)28)19(26)24-20-23-17(10-29-20)12-3-5-15(21)16(22)9-12/h3-6,8-11H,7H2,1-2H3,(H,23,24,26). The molecule has 1 aromatic heterocycles. The number of fused-ring (bicyclic) bond motifs is 1. The van der Waals surface area contributed by atoms with E-state index in [2.05, 4.69) is 10.3 Å². The van der Waals surface area contributed by atoms with E-state index in [-0.39, 0.29) is 6.04 Å². The van der Waals surface area contributed by atoms with Crippen molar-refractivity contribution in [2.45, 2.75) is 19.4 Å². The minimum atomic E-state index is -3.40. The number of hydrogen-bond acceptors (Lipinski definition) is 5. The number of rotatable bonds is 4. The molecule has 1 unspecified atom stereocenters. The summed E-state index contributed by atoms with van der Waals surface area (Å²) in [5, 5.41) is 4.63. The zero-order valence-corrected chi connectivity index (χ0v) is 17.7. The summed E-state index contributed by atoms with van der Waals surface area (Å²) in [6.45, 7) is 1.82. The van der Waals surface area contributed by atoms with Gasteiger partial charge in [0, 0.05) is 22.5 Å². The lowest BCUT2D eigenvalue weighted by Crippen LogP contribution is -2.34. The first kappa shape index (κ1) is 20.4. The molecule has 3 aromatic rings. The van der Waals surface area contributed by atoms with Crippen LogP contribution in [-0.4, -0.2) is 31.6 Å². The van der Waals surface area contributed by atoms with E-state index in [0.717, 1.165) is 35.3 Å². The van der Waals surface area contributed by atoms with Crippen LogP contribution < -0.4 is 9.62 Å². The lowest BCUT2D eigenvalue weighted by Gasteiger charge is -2.21. The average molecular weight is 450 g/mol. The number of hydrogen-bond donors (Lipinski definition) is 1. The number of carbonyl (C=O) groups is 1. The third kappa shape index (κ3) is 3.80. The van der Waals surface area contributed by atoms with Crippen LogP contribution in [0.4, 0.5) is 19.6 Å². The van der Waals surface area contributed by atoms with Gasteiger partial charge >= 0.3 is 0 Å². The maximum Gasteiger partial charge on any atom is 0.257 e. The predicted molar refractivity (Wildman–Crippen MR) is 112 cm³/mol. The fourth-order valence-corrected chi connectivity index (χ4v) is 5.52. The second-order valence-corrected chi connectivity index (χ2v) is 9.79. The van der Waals surface area contributed by atoms with Gasteiger partial charge in [-0.25, -0.2) is 22.2 Å². The van der Waals surface area contributed by atoms with E-state index in [9.17, 15) is 22.0 Å². The molecule has 1 amide bonds. The van der Waals surface area contributed by atoms with Gasteiger partial charge in [-0.1, -0.05) is 0 Å². The van der Waals surface area contributed by atoms with Crippen LogP contribution in [0.3, 0.4) is 0 Å². The Hall–Kier alpha value is -2.85. The third-order valence-electron chi connectivity index (χ3n) is 4.79. The average Bonchev–Trinajstić information content (AvgIpc) is 3.26. The molecule has 1 aliphatic rings.